The molecule has 42 heavy (non-hydrogen) atoms. The van der Waals surface area contributed by atoms with E-state index in [1.54, 1.807) is 35.2 Å². The second-order valence-electron chi connectivity index (χ2n) is 10.1. The SMILES string of the molecule is N=C(N)Nc1ccc(C(=O)Oc2ccc(CCC(=O)N3CCOCC3)c(C3=NOC(CC(=O)O)(CC(O)O)C3)c2)cc1. The fourth-order valence-electron chi connectivity index (χ4n) is 4.88. The maximum absolute atomic E-state index is 12.9. The number of carboxylic acid groups (broad SMARTS) is 1. The van der Waals surface area contributed by atoms with E-state index in [1.165, 1.54) is 12.1 Å². The molecule has 2 aliphatic heterocycles. The Hall–Kier alpha value is -4.53. The first-order valence-electron chi connectivity index (χ1n) is 13.3. The molecule has 1 unspecified atom stereocenters. The Morgan fingerprint density at radius 1 is 1.14 bits per heavy atom. The summed E-state index contributed by atoms with van der Waals surface area (Å²) in [5.74, 6) is -1.97. The topological polar surface area (TPSA) is 217 Å². The summed E-state index contributed by atoms with van der Waals surface area (Å²) in [4.78, 5) is 44.4. The van der Waals surface area contributed by atoms with Crippen LogP contribution in [0, 0.1) is 5.41 Å². The number of aryl methyl sites for hydroxylation is 1. The number of morpholine rings is 1. The summed E-state index contributed by atoms with van der Waals surface area (Å²) in [6, 6.07) is 11.0. The zero-order valence-electron chi connectivity index (χ0n) is 22.7. The molecule has 4 rings (SSSR count). The number of anilines is 1. The van der Waals surface area contributed by atoms with Gasteiger partial charge in [-0.05, 0) is 48.4 Å². The monoisotopic (exact) mass is 583 g/mol. The minimum atomic E-state index is -1.83. The number of aliphatic hydroxyl groups excluding tert-OH is 1. The number of benzene rings is 2. The minimum Gasteiger partial charge on any atom is -0.481 e. The van der Waals surface area contributed by atoms with Gasteiger partial charge in [0.1, 0.15) is 5.75 Å². The van der Waals surface area contributed by atoms with Gasteiger partial charge >= 0.3 is 11.9 Å². The van der Waals surface area contributed by atoms with E-state index in [1.807, 2.05) is 0 Å². The summed E-state index contributed by atoms with van der Waals surface area (Å²) in [5.41, 5.74) is 6.09. The molecule has 14 nitrogen and oxygen atoms in total. The van der Waals surface area contributed by atoms with E-state index in [4.69, 9.17) is 25.5 Å². The van der Waals surface area contributed by atoms with Gasteiger partial charge in [-0.2, -0.15) is 0 Å². The Labute approximate surface area is 241 Å². The lowest BCUT2D eigenvalue weighted by Gasteiger charge is -2.27. The van der Waals surface area contributed by atoms with Crippen molar-refractivity contribution in [3.63, 3.8) is 0 Å². The number of aliphatic carboxylic acids is 1. The number of hydrogen-bond donors (Lipinski definition) is 6. The number of nitrogens with two attached hydrogens (primary N) is 1. The van der Waals surface area contributed by atoms with Crippen LogP contribution in [0.2, 0.25) is 0 Å². The summed E-state index contributed by atoms with van der Waals surface area (Å²) >= 11 is 0. The third-order valence-electron chi connectivity index (χ3n) is 6.84. The molecule has 14 heteroatoms. The standard InChI is InChI=1S/C28H33N5O9/c29-27(30)31-19-5-1-18(2-6-19)26(39)41-20-7-3-17(4-8-23(34)33-9-11-40-12-10-33)21(13-20)22-14-28(42-32-22,15-24(35)36)16-25(37)38/h1-3,5-7,13,24,35-36H,4,8-12,14-16H2,(H,37,38)(H4,29,30,31). The van der Waals surface area contributed by atoms with Crippen molar-refractivity contribution in [1.82, 2.24) is 4.90 Å². The smallest absolute Gasteiger partial charge is 0.343 e. The lowest BCUT2D eigenvalue weighted by Crippen LogP contribution is -2.40. The Morgan fingerprint density at radius 3 is 2.50 bits per heavy atom. The van der Waals surface area contributed by atoms with Gasteiger partial charge in [-0.1, -0.05) is 11.2 Å². The fourth-order valence-corrected chi connectivity index (χ4v) is 4.88. The quantitative estimate of drug-likeness (QED) is 0.0722. The molecule has 1 saturated heterocycles. The van der Waals surface area contributed by atoms with Crippen molar-refractivity contribution in [2.45, 2.75) is 44.0 Å². The highest BCUT2D eigenvalue weighted by Gasteiger charge is 2.43. The van der Waals surface area contributed by atoms with E-state index < -0.39 is 30.3 Å². The first-order chi connectivity index (χ1) is 20.0. The van der Waals surface area contributed by atoms with Gasteiger partial charge in [0.25, 0.3) is 0 Å². The molecule has 1 fully saturated rings. The lowest BCUT2D eigenvalue weighted by molar-refractivity contribution is -0.152. The Balaban J connectivity index is 1.57. The summed E-state index contributed by atoms with van der Waals surface area (Å²) in [5, 5.41) is 42.6. The van der Waals surface area contributed by atoms with E-state index >= 15 is 0 Å². The molecule has 2 aromatic carbocycles. The van der Waals surface area contributed by atoms with Gasteiger partial charge < -0.3 is 45.6 Å². The first-order valence-corrected chi connectivity index (χ1v) is 13.3. The van der Waals surface area contributed by atoms with Crippen molar-refractivity contribution in [3.05, 3.63) is 59.2 Å². The number of guanidine groups is 1. The Morgan fingerprint density at radius 2 is 1.86 bits per heavy atom. The van der Waals surface area contributed by atoms with Crippen LogP contribution < -0.4 is 15.8 Å². The molecule has 0 aromatic heterocycles. The maximum Gasteiger partial charge on any atom is 0.343 e. The Bertz CT molecular complexity index is 1360. The molecule has 0 aliphatic carbocycles. The van der Waals surface area contributed by atoms with Crippen LogP contribution in [0.25, 0.3) is 0 Å². The number of nitrogens with zero attached hydrogens (tertiary/aromatic N) is 2. The summed E-state index contributed by atoms with van der Waals surface area (Å²) in [7, 11) is 0. The number of aliphatic hydroxyl groups is 2. The lowest BCUT2D eigenvalue weighted by atomic mass is 9.86. The number of rotatable bonds is 11. The molecule has 7 N–H and O–H groups in total. The summed E-state index contributed by atoms with van der Waals surface area (Å²) < 4.78 is 10.9. The van der Waals surface area contributed by atoms with E-state index in [9.17, 15) is 29.7 Å². The van der Waals surface area contributed by atoms with Crippen molar-refractivity contribution in [3.8, 4) is 5.75 Å². The molecular formula is C28H33N5O9. The zero-order chi connectivity index (χ0) is 30.3. The molecule has 0 saturated carbocycles. The third kappa shape index (κ3) is 8.02. The van der Waals surface area contributed by atoms with E-state index in [0.29, 0.717) is 55.3 Å². The van der Waals surface area contributed by atoms with Crippen LogP contribution in [-0.2, 0) is 25.6 Å². The molecule has 2 aromatic rings. The summed E-state index contributed by atoms with van der Waals surface area (Å²) in [6.45, 7) is 1.97. The minimum absolute atomic E-state index is 0.0456. The number of carbonyl (C=O) groups is 3. The van der Waals surface area contributed by atoms with Gasteiger partial charge in [-0.25, -0.2) is 4.79 Å². The first kappa shape index (κ1) is 30.4. The number of amides is 1. The number of carboxylic acids is 1. The molecule has 2 heterocycles. The predicted octanol–water partition coefficient (Wildman–Crippen LogP) is 1.04. The van der Waals surface area contributed by atoms with Gasteiger partial charge in [0.05, 0.1) is 30.9 Å². The third-order valence-corrected chi connectivity index (χ3v) is 6.84. The second kappa shape index (κ2) is 13.4. The number of carbonyl (C=O) groups excluding carboxylic acids is 2. The van der Waals surface area contributed by atoms with Crippen molar-refractivity contribution in [2.75, 3.05) is 31.6 Å². The van der Waals surface area contributed by atoms with Crippen LogP contribution in [0.4, 0.5) is 5.69 Å². The molecule has 0 radical (unpaired) electrons. The van der Waals surface area contributed by atoms with Crippen molar-refractivity contribution < 1.29 is 44.0 Å². The van der Waals surface area contributed by atoms with Gasteiger partial charge in [0.15, 0.2) is 17.9 Å². The second-order valence-corrected chi connectivity index (χ2v) is 10.1. The average molecular weight is 584 g/mol. The maximum atomic E-state index is 12.9. The van der Waals surface area contributed by atoms with Crippen LogP contribution in [0.1, 0.15) is 47.2 Å². The van der Waals surface area contributed by atoms with Crippen molar-refractivity contribution in [2.24, 2.45) is 10.9 Å². The number of nitrogens with one attached hydrogen (secondary N) is 2. The average Bonchev–Trinajstić information content (AvgIpc) is 3.34. The molecule has 2 aliphatic rings. The van der Waals surface area contributed by atoms with Crippen LogP contribution in [0.3, 0.4) is 0 Å². The van der Waals surface area contributed by atoms with Gasteiger partial charge in [-0.15, -0.1) is 0 Å². The Kier molecular flexibility index (Phi) is 9.72. The van der Waals surface area contributed by atoms with Crippen molar-refractivity contribution in [1.29, 1.82) is 5.41 Å². The highest BCUT2D eigenvalue weighted by Crippen LogP contribution is 2.36. The number of ether oxygens (including phenoxy) is 2. The van der Waals surface area contributed by atoms with Crippen LogP contribution >= 0.6 is 0 Å². The molecule has 0 bridgehead atoms. The van der Waals surface area contributed by atoms with Gasteiger partial charge in [-0.3, -0.25) is 15.0 Å². The molecule has 1 amide bonds. The summed E-state index contributed by atoms with van der Waals surface area (Å²) in [6.07, 6.45) is -2.28. The highest BCUT2D eigenvalue weighted by atomic mass is 16.7. The highest BCUT2D eigenvalue weighted by molar-refractivity contribution is 6.04. The number of esters is 1. The molecule has 224 valence electrons. The predicted molar refractivity (Wildman–Crippen MR) is 149 cm³/mol. The largest absolute Gasteiger partial charge is 0.481 e. The van der Waals surface area contributed by atoms with Crippen LogP contribution in [0.15, 0.2) is 47.6 Å². The normalized spacial score (nSPS) is 18.3. The van der Waals surface area contributed by atoms with Crippen LogP contribution in [0.5, 0.6) is 5.75 Å². The van der Waals surface area contributed by atoms with E-state index in [0.717, 1.165) is 0 Å². The molecule has 1 atom stereocenters. The van der Waals surface area contributed by atoms with Gasteiger partial charge in [0.2, 0.25) is 5.91 Å². The van der Waals surface area contributed by atoms with E-state index in [2.05, 4.69) is 10.5 Å². The number of oxime groups is 1. The van der Waals surface area contributed by atoms with Crippen LogP contribution in [-0.4, -0.2) is 87.9 Å². The fraction of sp³-hybridized carbons (Fsp3) is 0.393. The molecular weight excluding hydrogens is 550 g/mol. The molecule has 0 spiro atoms. The zero-order valence-corrected chi connectivity index (χ0v) is 22.7. The van der Waals surface area contributed by atoms with E-state index in [-0.39, 0.29) is 42.4 Å². The number of hydrogen-bond acceptors (Lipinski definition) is 10. The van der Waals surface area contributed by atoms with Crippen molar-refractivity contribution >= 4 is 35.2 Å². The van der Waals surface area contributed by atoms with Gasteiger partial charge in [0, 0.05) is 43.6 Å².